The Morgan fingerprint density at radius 1 is 0.435 bits per heavy atom. The number of para-hydroxylation sites is 2. The maximum absolute atomic E-state index is 6.21. The van der Waals surface area contributed by atoms with Crippen molar-refractivity contribution in [2.24, 2.45) is 29.1 Å². The second kappa shape index (κ2) is 14.2. The fourth-order valence-electron chi connectivity index (χ4n) is 16.3. The van der Waals surface area contributed by atoms with E-state index >= 15 is 0 Å². The molecule has 0 amide bonds. The minimum absolute atomic E-state index is 0.207. The Hall–Kier alpha value is -7.16. The highest BCUT2D eigenvalue weighted by atomic mass is 16.3. The van der Waals surface area contributed by atoms with Crippen LogP contribution in [0, 0.1) is 29.1 Å². The van der Waals surface area contributed by atoms with Crippen LogP contribution in [0.1, 0.15) is 74.0 Å². The highest BCUT2D eigenvalue weighted by molar-refractivity contribution is 6.07. The lowest BCUT2D eigenvalue weighted by atomic mass is 9.11. The molecule has 0 saturated heterocycles. The van der Waals surface area contributed by atoms with Crippen LogP contribution in [0.25, 0.3) is 77.2 Å². The molecule has 6 atom stereocenters. The zero-order valence-corrected chi connectivity index (χ0v) is 38.9. The maximum atomic E-state index is 6.21. The van der Waals surface area contributed by atoms with E-state index in [0.29, 0.717) is 11.3 Å². The highest BCUT2D eigenvalue weighted by Gasteiger charge is 2.90. The Bertz CT molecular complexity index is 3710. The lowest BCUT2D eigenvalue weighted by Gasteiger charge is -2.92. The molecule has 5 unspecified atom stereocenters. The summed E-state index contributed by atoms with van der Waals surface area (Å²) in [6.07, 6.45) is 10.9. The van der Waals surface area contributed by atoms with Gasteiger partial charge in [-0.2, -0.15) is 0 Å². The maximum Gasteiger partial charge on any atom is 0.135 e. The number of rotatable bonds is 7. The first-order chi connectivity index (χ1) is 34.2. The van der Waals surface area contributed by atoms with Crippen LogP contribution in [-0.4, -0.2) is 0 Å². The fraction of sp³-hybridized carbons (Fsp3) is 0.224. The van der Waals surface area contributed by atoms with Gasteiger partial charge in [-0.1, -0.05) is 159 Å². The van der Waals surface area contributed by atoms with Crippen molar-refractivity contribution in [2.75, 3.05) is 4.90 Å². The quantitative estimate of drug-likeness (QED) is 0.159. The zero-order valence-electron chi connectivity index (χ0n) is 38.9. The van der Waals surface area contributed by atoms with Crippen LogP contribution < -0.4 is 4.90 Å². The number of hydrogen-bond donors (Lipinski definition) is 0. The molecule has 5 fully saturated rings. The number of furan rings is 1. The third-order valence-electron chi connectivity index (χ3n) is 19.2. The van der Waals surface area contributed by atoms with Gasteiger partial charge < -0.3 is 9.32 Å². The van der Waals surface area contributed by atoms with Gasteiger partial charge in [0.25, 0.3) is 0 Å². The highest BCUT2D eigenvalue weighted by Crippen LogP contribution is 2.94. The monoisotopic (exact) mass is 887 g/mol. The molecule has 1 heterocycles. The first-order valence-electron chi connectivity index (χ1n) is 26.0. The second-order valence-electron chi connectivity index (χ2n) is 21.7. The molecule has 0 bridgehead atoms. The minimum Gasteiger partial charge on any atom is -0.456 e. The van der Waals surface area contributed by atoms with Crippen molar-refractivity contribution in [1.29, 1.82) is 0 Å². The van der Waals surface area contributed by atoms with Gasteiger partial charge in [0, 0.05) is 33.1 Å². The molecule has 2 heteroatoms. The Morgan fingerprint density at radius 3 is 1.81 bits per heavy atom. The van der Waals surface area contributed by atoms with Crippen molar-refractivity contribution < 1.29 is 4.42 Å². The predicted octanol–water partition coefficient (Wildman–Crippen LogP) is 18.2. The molecule has 10 aromatic rings. The average Bonchev–Trinajstić information content (AvgIpc) is 3.92. The summed E-state index contributed by atoms with van der Waals surface area (Å²) in [5.41, 5.74) is 21.5. The molecular formula is C67H53NO. The van der Waals surface area contributed by atoms with Gasteiger partial charge in [-0.15, -0.1) is 0 Å². The van der Waals surface area contributed by atoms with Crippen molar-refractivity contribution in [3.05, 3.63) is 211 Å². The van der Waals surface area contributed by atoms with E-state index < -0.39 is 0 Å². The van der Waals surface area contributed by atoms with Gasteiger partial charge in [-0.3, -0.25) is 0 Å². The Labute approximate surface area is 404 Å². The van der Waals surface area contributed by atoms with Crippen LogP contribution in [-0.2, 0) is 5.41 Å². The predicted molar refractivity (Wildman–Crippen MR) is 285 cm³/mol. The normalized spacial score (nSPS) is 24.7. The van der Waals surface area contributed by atoms with E-state index in [-0.39, 0.29) is 5.41 Å². The molecule has 0 radical (unpaired) electrons. The first-order valence-corrected chi connectivity index (χ1v) is 26.0. The molecule has 16 rings (SSSR count). The summed E-state index contributed by atoms with van der Waals surface area (Å²) in [6, 6.07) is 73.7. The van der Waals surface area contributed by atoms with Gasteiger partial charge in [-0.05, 0) is 188 Å². The lowest BCUT2D eigenvalue weighted by Crippen LogP contribution is -2.88. The topological polar surface area (TPSA) is 16.4 Å². The van der Waals surface area contributed by atoms with Gasteiger partial charge in [0.15, 0.2) is 0 Å². The van der Waals surface area contributed by atoms with Crippen LogP contribution in [0.2, 0.25) is 0 Å². The van der Waals surface area contributed by atoms with Crippen molar-refractivity contribution in [2.45, 2.75) is 62.7 Å². The Morgan fingerprint density at radius 2 is 1.04 bits per heavy atom. The smallest absolute Gasteiger partial charge is 0.135 e. The van der Waals surface area contributed by atoms with Crippen LogP contribution >= 0.6 is 0 Å². The van der Waals surface area contributed by atoms with Crippen molar-refractivity contribution in [1.82, 2.24) is 0 Å². The van der Waals surface area contributed by atoms with Crippen molar-refractivity contribution >= 4 is 49.8 Å². The Kier molecular flexibility index (Phi) is 7.98. The molecule has 2 nitrogen and oxygen atoms in total. The molecule has 5 saturated carbocycles. The number of fused-ring (bicyclic) bond motifs is 11. The van der Waals surface area contributed by atoms with Crippen LogP contribution in [0.4, 0.5) is 17.1 Å². The summed E-state index contributed by atoms with van der Waals surface area (Å²) in [4.78, 5) is 2.50. The molecule has 69 heavy (non-hydrogen) atoms. The van der Waals surface area contributed by atoms with Crippen LogP contribution in [0.5, 0.6) is 0 Å². The standard InChI is InChI=1S/C67H53NO/c1-2-12-43(13-3-1)51-19-10-14-44-15-11-20-56(65(44)51)54-17-5-8-22-60(54)68(49-30-24-41(25-31-49)45-29-35-62-57(36-45)55-18-6-9-23-61(55)69-62)50-32-26-42(27-33-50)46-28-34-53-52-16-4-7-21-58(52)67(59(53)37-46)63-39-47-38-48-40-64(67)66(47,48)63/h4-11,14-37,43,47-48,63-64H,1-3,12-13,38-40H2/t47-,48?,63?,64?,66?,67?/m0/s1. The molecule has 2 spiro atoms. The number of nitrogens with zero attached hydrogens (tertiary/aromatic N) is 1. The van der Waals surface area contributed by atoms with Crippen LogP contribution in [0.15, 0.2) is 199 Å². The molecule has 6 aliphatic rings. The molecule has 9 aromatic carbocycles. The molecule has 332 valence electrons. The summed E-state index contributed by atoms with van der Waals surface area (Å²) in [5.74, 6) is 4.23. The summed E-state index contributed by atoms with van der Waals surface area (Å²) in [7, 11) is 0. The van der Waals surface area contributed by atoms with E-state index in [1.807, 2.05) is 6.07 Å². The average molecular weight is 888 g/mol. The summed E-state index contributed by atoms with van der Waals surface area (Å²) >= 11 is 0. The molecule has 6 aliphatic carbocycles. The second-order valence-corrected chi connectivity index (χ2v) is 21.7. The minimum atomic E-state index is 0.207. The summed E-state index contributed by atoms with van der Waals surface area (Å²) < 4.78 is 6.21. The third-order valence-corrected chi connectivity index (χ3v) is 19.2. The van der Waals surface area contributed by atoms with E-state index in [1.54, 1.807) is 11.1 Å². The molecule has 0 N–H and O–H groups in total. The van der Waals surface area contributed by atoms with E-state index in [1.165, 1.54) is 118 Å². The zero-order chi connectivity index (χ0) is 45.0. The molecule has 0 aliphatic heterocycles. The number of hydrogen-bond acceptors (Lipinski definition) is 2. The van der Waals surface area contributed by atoms with E-state index in [2.05, 4.69) is 193 Å². The van der Waals surface area contributed by atoms with Crippen molar-refractivity contribution in [3.63, 3.8) is 0 Å². The third kappa shape index (κ3) is 5.07. The van der Waals surface area contributed by atoms with Gasteiger partial charge in [-0.25, -0.2) is 0 Å². The fourth-order valence-corrected chi connectivity index (χ4v) is 16.3. The summed E-state index contributed by atoms with van der Waals surface area (Å²) in [6.45, 7) is 0. The molecule has 1 aromatic heterocycles. The Balaban J connectivity index is 0.820. The van der Waals surface area contributed by atoms with Gasteiger partial charge in [0.2, 0.25) is 0 Å². The van der Waals surface area contributed by atoms with E-state index in [0.717, 1.165) is 57.0 Å². The van der Waals surface area contributed by atoms with Gasteiger partial charge in [0.05, 0.1) is 5.69 Å². The van der Waals surface area contributed by atoms with Crippen molar-refractivity contribution in [3.8, 4) is 44.5 Å². The van der Waals surface area contributed by atoms with E-state index in [4.69, 9.17) is 4.42 Å². The number of benzene rings is 9. The van der Waals surface area contributed by atoms with Gasteiger partial charge >= 0.3 is 0 Å². The SMILES string of the molecule is c1ccc(N(c2ccc(-c3ccc4c(c3)C3(c5ccccc5-4)C4CC5C[C@H]6CC3C546)cc2)c2ccc(-c3ccc4oc5ccccc5c4c3)cc2)c(-c2cccc3cccc(C4CCCCC4)c23)c1. The summed E-state index contributed by atoms with van der Waals surface area (Å²) in [5, 5.41) is 5.04. The largest absolute Gasteiger partial charge is 0.456 e. The van der Waals surface area contributed by atoms with E-state index in [9.17, 15) is 0 Å². The first kappa shape index (κ1) is 38.8. The number of anilines is 3. The van der Waals surface area contributed by atoms with Crippen LogP contribution in [0.3, 0.4) is 0 Å². The molecular weight excluding hydrogens is 835 g/mol. The lowest BCUT2D eigenvalue weighted by molar-refractivity contribution is -0.412. The van der Waals surface area contributed by atoms with Gasteiger partial charge in [0.1, 0.15) is 11.2 Å².